The molecule has 1 unspecified atom stereocenters. The molecule has 7 heteroatoms. The van der Waals surface area contributed by atoms with E-state index in [1.807, 2.05) is 6.92 Å². The number of hydrogen-bond acceptors (Lipinski definition) is 5. The molecule has 0 amide bonds. The Morgan fingerprint density at radius 3 is 2.76 bits per heavy atom. The van der Waals surface area contributed by atoms with E-state index in [4.69, 9.17) is 0 Å². The lowest BCUT2D eigenvalue weighted by molar-refractivity contribution is -0.384. The summed E-state index contributed by atoms with van der Waals surface area (Å²) in [6.45, 7) is 3.81. The van der Waals surface area contributed by atoms with Gasteiger partial charge in [-0.25, -0.2) is 4.68 Å². The van der Waals surface area contributed by atoms with E-state index in [-0.39, 0.29) is 12.2 Å². The second-order valence-corrected chi connectivity index (χ2v) is 4.00. The third-order valence-electron chi connectivity index (χ3n) is 2.33. The molecule has 0 radical (unpaired) electrons. The van der Waals surface area contributed by atoms with Gasteiger partial charge in [-0.3, -0.25) is 10.1 Å². The number of aromatic nitrogens is 2. The van der Waals surface area contributed by atoms with Gasteiger partial charge in [0.05, 0.1) is 11.0 Å². The molecule has 7 nitrogen and oxygen atoms in total. The van der Waals surface area contributed by atoms with Crippen LogP contribution in [-0.4, -0.2) is 32.5 Å². The Morgan fingerprint density at radius 2 is 2.29 bits per heavy atom. The van der Waals surface area contributed by atoms with E-state index >= 15 is 0 Å². The molecule has 1 aromatic rings. The molecule has 0 saturated carbocycles. The molecule has 0 fully saturated rings. The van der Waals surface area contributed by atoms with Gasteiger partial charge < -0.3 is 10.4 Å². The highest BCUT2D eigenvalue weighted by Crippen LogP contribution is 2.28. The second kappa shape index (κ2) is 5.62. The first-order valence-electron chi connectivity index (χ1n) is 5.59. The van der Waals surface area contributed by atoms with Crippen LogP contribution in [-0.2, 0) is 13.5 Å². The lowest BCUT2D eigenvalue weighted by Crippen LogP contribution is -2.17. The number of aliphatic hydroxyl groups excluding tert-OH is 1. The van der Waals surface area contributed by atoms with Gasteiger partial charge in [0, 0.05) is 13.6 Å². The van der Waals surface area contributed by atoms with Crippen molar-refractivity contribution in [2.24, 2.45) is 7.05 Å². The van der Waals surface area contributed by atoms with Crippen molar-refractivity contribution in [3.63, 3.8) is 0 Å². The zero-order chi connectivity index (χ0) is 13.0. The summed E-state index contributed by atoms with van der Waals surface area (Å²) in [5, 5.41) is 27.2. The molecule has 0 bridgehead atoms. The molecule has 1 heterocycles. The fourth-order valence-electron chi connectivity index (χ4n) is 1.61. The molecule has 0 spiro atoms. The van der Waals surface area contributed by atoms with E-state index in [2.05, 4.69) is 10.4 Å². The lowest BCUT2D eigenvalue weighted by atomic mass is 10.2. The lowest BCUT2D eigenvalue weighted by Gasteiger charge is -2.07. The third-order valence-corrected chi connectivity index (χ3v) is 2.33. The van der Waals surface area contributed by atoms with Crippen LogP contribution in [0.25, 0.3) is 0 Å². The summed E-state index contributed by atoms with van der Waals surface area (Å²) in [5.41, 5.74) is 0.489. The van der Waals surface area contributed by atoms with Gasteiger partial charge in [-0.05, 0) is 13.3 Å². The number of nitrogens with zero attached hydrogens (tertiary/aromatic N) is 3. The minimum Gasteiger partial charge on any atom is -0.392 e. The van der Waals surface area contributed by atoms with Crippen LogP contribution in [0.2, 0.25) is 0 Å². The standard InChI is InChI=1S/C10H18N4O3/c1-4-5-8-9(14(16)17)10(13(3)12-8)11-6-7(2)15/h7,11,15H,4-6H2,1-3H3. The first-order chi connectivity index (χ1) is 7.97. The van der Waals surface area contributed by atoms with Crippen LogP contribution in [0.5, 0.6) is 0 Å². The Kier molecular flexibility index (Phi) is 4.45. The third kappa shape index (κ3) is 3.16. The van der Waals surface area contributed by atoms with Crippen LogP contribution in [0.4, 0.5) is 11.5 Å². The van der Waals surface area contributed by atoms with Gasteiger partial charge in [0.15, 0.2) is 0 Å². The fourth-order valence-corrected chi connectivity index (χ4v) is 1.61. The summed E-state index contributed by atoms with van der Waals surface area (Å²) in [6, 6.07) is 0. The zero-order valence-corrected chi connectivity index (χ0v) is 10.3. The SMILES string of the molecule is CCCc1nn(C)c(NCC(C)O)c1[N+](=O)[O-]. The molecule has 1 atom stereocenters. The first-order valence-corrected chi connectivity index (χ1v) is 5.59. The molecule has 0 aliphatic carbocycles. The molecule has 2 N–H and O–H groups in total. The van der Waals surface area contributed by atoms with Gasteiger partial charge in [0.25, 0.3) is 0 Å². The largest absolute Gasteiger partial charge is 0.392 e. The van der Waals surface area contributed by atoms with Crippen LogP contribution in [0.1, 0.15) is 26.0 Å². The molecule has 0 aliphatic rings. The highest BCUT2D eigenvalue weighted by molar-refractivity contribution is 5.59. The molecule has 17 heavy (non-hydrogen) atoms. The Morgan fingerprint density at radius 1 is 1.65 bits per heavy atom. The molecular weight excluding hydrogens is 224 g/mol. The second-order valence-electron chi connectivity index (χ2n) is 4.00. The summed E-state index contributed by atoms with van der Waals surface area (Å²) in [7, 11) is 1.65. The topological polar surface area (TPSA) is 93.2 Å². The highest BCUT2D eigenvalue weighted by atomic mass is 16.6. The number of nitro groups is 1. The Hall–Kier alpha value is -1.63. The number of rotatable bonds is 6. The molecule has 0 aromatic carbocycles. The van der Waals surface area contributed by atoms with Gasteiger partial charge in [0.1, 0.15) is 5.69 Å². The highest BCUT2D eigenvalue weighted by Gasteiger charge is 2.25. The maximum atomic E-state index is 11.0. The van der Waals surface area contributed by atoms with Crippen molar-refractivity contribution < 1.29 is 10.0 Å². The van der Waals surface area contributed by atoms with Crippen LogP contribution in [0.15, 0.2) is 0 Å². The van der Waals surface area contributed by atoms with Crippen LogP contribution in [0, 0.1) is 10.1 Å². The molecule has 0 saturated heterocycles. The van der Waals surface area contributed by atoms with Crippen molar-refractivity contribution in [1.29, 1.82) is 0 Å². The quantitative estimate of drug-likeness (QED) is 0.575. The fraction of sp³-hybridized carbons (Fsp3) is 0.700. The molecular formula is C10H18N4O3. The van der Waals surface area contributed by atoms with E-state index in [0.717, 1.165) is 6.42 Å². The van der Waals surface area contributed by atoms with E-state index in [1.54, 1.807) is 14.0 Å². The summed E-state index contributed by atoms with van der Waals surface area (Å²) < 4.78 is 1.45. The van der Waals surface area contributed by atoms with Gasteiger partial charge in [-0.1, -0.05) is 13.3 Å². The normalized spacial score (nSPS) is 12.5. The van der Waals surface area contributed by atoms with Crippen molar-refractivity contribution in [2.75, 3.05) is 11.9 Å². The number of anilines is 1. The first kappa shape index (κ1) is 13.4. The summed E-state index contributed by atoms with van der Waals surface area (Å²) in [4.78, 5) is 10.6. The van der Waals surface area contributed by atoms with E-state index in [9.17, 15) is 15.2 Å². The summed E-state index contributed by atoms with van der Waals surface area (Å²) >= 11 is 0. The van der Waals surface area contributed by atoms with Gasteiger partial charge in [-0.2, -0.15) is 5.10 Å². The maximum absolute atomic E-state index is 11.0. The van der Waals surface area contributed by atoms with Gasteiger partial charge in [0.2, 0.25) is 5.82 Å². The molecule has 0 aliphatic heterocycles. The van der Waals surface area contributed by atoms with Crippen LogP contribution in [0.3, 0.4) is 0 Å². The predicted molar refractivity (Wildman–Crippen MR) is 64.0 cm³/mol. The van der Waals surface area contributed by atoms with E-state index < -0.39 is 11.0 Å². The van der Waals surface area contributed by atoms with Crippen molar-refractivity contribution >= 4 is 11.5 Å². The minimum absolute atomic E-state index is 0.00926. The van der Waals surface area contributed by atoms with Gasteiger partial charge >= 0.3 is 5.69 Å². The molecule has 1 rings (SSSR count). The molecule has 96 valence electrons. The van der Waals surface area contributed by atoms with Crippen molar-refractivity contribution in [2.45, 2.75) is 32.8 Å². The van der Waals surface area contributed by atoms with Gasteiger partial charge in [-0.15, -0.1) is 0 Å². The summed E-state index contributed by atoms with van der Waals surface area (Å²) in [6.07, 6.45) is 0.799. The zero-order valence-electron chi connectivity index (χ0n) is 10.3. The smallest absolute Gasteiger partial charge is 0.333 e. The van der Waals surface area contributed by atoms with Crippen LogP contribution < -0.4 is 5.32 Å². The average molecular weight is 242 g/mol. The Balaban J connectivity index is 3.04. The number of aryl methyl sites for hydroxylation is 2. The molecule has 1 aromatic heterocycles. The van der Waals surface area contributed by atoms with Crippen molar-refractivity contribution in [3.05, 3.63) is 15.8 Å². The van der Waals surface area contributed by atoms with E-state index in [0.29, 0.717) is 17.9 Å². The average Bonchev–Trinajstić information content (AvgIpc) is 2.52. The Labute approximate surface area is 99.6 Å². The summed E-state index contributed by atoms with van der Waals surface area (Å²) in [5.74, 6) is 0.347. The number of aliphatic hydroxyl groups is 1. The van der Waals surface area contributed by atoms with Crippen molar-refractivity contribution in [1.82, 2.24) is 9.78 Å². The maximum Gasteiger partial charge on any atom is 0.333 e. The Bertz CT molecular complexity index is 401. The monoisotopic (exact) mass is 242 g/mol. The van der Waals surface area contributed by atoms with E-state index in [1.165, 1.54) is 4.68 Å². The predicted octanol–water partition coefficient (Wildman–Crippen LogP) is 1.07. The number of hydrogen-bond donors (Lipinski definition) is 2. The minimum atomic E-state index is -0.570. The van der Waals surface area contributed by atoms with Crippen molar-refractivity contribution in [3.8, 4) is 0 Å². The van der Waals surface area contributed by atoms with Crippen LogP contribution >= 0.6 is 0 Å². The number of nitrogens with one attached hydrogen (secondary N) is 1.